The van der Waals surface area contributed by atoms with Gasteiger partial charge < -0.3 is 20.7 Å². The number of halogens is 1. The number of hydrogen-bond acceptors (Lipinski definition) is 9. The maximum absolute atomic E-state index is 13.0. The van der Waals surface area contributed by atoms with Crippen molar-refractivity contribution in [3.05, 3.63) is 87.9 Å². The van der Waals surface area contributed by atoms with Gasteiger partial charge >= 0.3 is 0 Å². The van der Waals surface area contributed by atoms with E-state index in [0.717, 1.165) is 93.6 Å². The monoisotopic (exact) mass is 752 g/mol. The van der Waals surface area contributed by atoms with Gasteiger partial charge in [-0.1, -0.05) is 37.3 Å². The Balaban J connectivity index is 0.804. The van der Waals surface area contributed by atoms with Crippen LogP contribution in [-0.2, 0) is 9.59 Å². The first-order valence-electron chi connectivity index (χ1n) is 18.8. The average Bonchev–Trinajstić information content (AvgIpc) is 3.41. The molecule has 3 aliphatic rings. The molecule has 3 aromatic carbocycles. The SMILES string of the molecule is N#Cc1ccc(O[C@H]2CC[C@H](NC(=O)c3ccc(NCCCCCCCCNc4ccc5c(c4)C(=O)N(C4CCC(=O)NC4=O)C5=O)cc3)CC2)cc1Cl. The molecule has 1 saturated heterocycles. The van der Waals surface area contributed by atoms with Crippen LogP contribution in [0, 0.1) is 11.3 Å². The minimum absolute atomic E-state index is 0.0484. The molecule has 4 N–H and O–H groups in total. The highest BCUT2D eigenvalue weighted by molar-refractivity contribution is 6.31. The van der Waals surface area contributed by atoms with Crippen molar-refractivity contribution in [2.24, 2.45) is 0 Å². The molecule has 1 unspecified atom stereocenters. The number of anilines is 2. The van der Waals surface area contributed by atoms with Crippen LogP contribution in [0.1, 0.15) is 114 Å². The Morgan fingerprint density at radius 3 is 2.11 bits per heavy atom. The number of nitriles is 1. The van der Waals surface area contributed by atoms with Gasteiger partial charge in [0.2, 0.25) is 11.8 Å². The predicted molar refractivity (Wildman–Crippen MR) is 205 cm³/mol. The Morgan fingerprint density at radius 1 is 0.796 bits per heavy atom. The van der Waals surface area contributed by atoms with Crippen molar-refractivity contribution in [2.75, 3.05) is 23.7 Å². The molecular weight excluding hydrogens is 708 g/mol. The van der Waals surface area contributed by atoms with Crippen LogP contribution in [0.25, 0.3) is 0 Å². The summed E-state index contributed by atoms with van der Waals surface area (Å²) >= 11 is 6.13. The highest BCUT2D eigenvalue weighted by Gasteiger charge is 2.44. The molecule has 12 nitrogen and oxygen atoms in total. The topological polar surface area (TPSA) is 170 Å². The Morgan fingerprint density at radius 2 is 1.44 bits per heavy atom. The lowest BCUT2D eigenvalue weighted by Gasteiger charge is -2.29. The summed E-state index contributed by atoms with van der Waals surface area (Å²) in [5.74, 6) is -1.44. The minimum Gasteiger partial charge on any atom is -0.490 e. The van der Waals surface area contributed by atoms with Gasteiger partial charge in [-0.15, -0.1) is 0 Å². The van der Waals surface area contributed by atoms with E-state index in [1.807, 2.05) is 24.3 Å². The van der Waals surface area contributed by atoms with Crippen LogP contribution in [0.5, 0.6) is 5.75 Å². The van der Waals surface area contributed by atoms with Gasteiger partial charge in [0, 0.05) is 48.6 Å². The minimum atomic E-state index is -0.969. The fourth-order valence-corrected chi connectivity index (χ4v) is 7.40. The van der Waals surface area contributed by atoms with Gasteiger partial charge in [-0.3, -0.25) is 34.2 Å². The number of rotatable bonds is 16. The molecule has 282 valence electrons. The number of carbonyl (C=O) groups is 5. The highest BCUT2D eigenvalue weighted by atomic mass is 35.5. The van der Waals surface area contributed by atoms with Gasteiger partial charge in [0.15, 0.2) is 0 Å². The molecular formula is C41H45ClN6O6. The lowest BCUT2D eigenvalue weighted by Crippen LogP contribution is -2.54. The zero-order chi connectivity index (χ0) is 38.0. The van der Waals surface area contributed by atoms with Gasteiger partial charge in [-0.25, -0.2) is 0 Å². The number of benzene rings is 3. The number of amides is 5. The number of piperidine rings is 1. The Hall–Kier alpha value is -5.41. The van der Waals surface area contributed by atoms with E-state index in [1.54, 1.807) is 36.4 Å². The molecule has 6 rings (SSSR count). The third kappa shape index (κ3) is 9.57. The van der Waals surface area contributed by atoms with Gasteiger partial charge in [0.25, 0.3) is 17.7 Å². The van der Waals surface area contributed by atoms with Gasteiger partial charge in [0.05, 0.1) is 27.8 Å². The fraction of sp³-hybridized carbons (Fsp3) is 0.415. The molecule has 13 heteroatoms. The number of unbranched alkanes of at least 4 members (excludes halogenated alkanes) is 5. The van der Waals surface area contributed by atoms with E-state index in [4.69, 9.17) is 21.6 Å². The van der Waals surface area contributed by atoms with E-state index < -0.39 is 29.7 Å². The second-order valence-corrected chi connectivity index (χ2v) is 14.5. The summed E-state index contributed by atoms with van der Waals surface area (Å²) in [6.07, 6.45) is 10.0. The lowest BCUT2D eigenvalue weighted by molar-refractivity contribution is -0.136. The van der Waals surface area contributed by atoms with Crippen molar-refractivity contribution < 1.29 is 28.7 Å². The number of nitrogens with zero attached hydrogens (tertiary/aromatic N) is 2. The second kappa shape index (κ2) is 18.1. The number of carbonyl (C=O) groups excluding carboxylic acids is 5. The molecule has 0 bridgehead atoms. The van der Waals surface area contributed by atoms with Crippen molar-refractivity contribution in [2.45, 2.75) is 95.2 Å². The molecule has 1 atom stereocenters. The first-order chi connectivity index (χ1) is 26.2. The van der Waals surface area contributed by atoms with Crippen molar-refractivity contribution >= 4 is 52.5 Å². The summed E-state index contributed by atoms with van der Waals surface area (Å²) in [7, 11) is 0. The number of ether oxygens (including phenoxy) is 1. The first-order valence-corrected chi connectivity index (χ1v) is 19.2. The van der Waals surface area contributed by atoms with Crippen LogP contribution in [0.15, 0.2) is 60.7 Å². The molecule has 1 aliphatic carbocycles. The van der Waals surface area contributed by atoms with Crippen LogP contribution in [0.4, 0.5) is 11.4 Å². The predicted octanol–water partition coefficient (Wildman–Crippen LogP) is 6.60. The lowest BCUT2D eigenvalue weighted by atomic mass is 9.92. The number of nitrogens with one attached hydrogen (secondary N) is 4. The molecule has 0 aromatic heterocycles. The molecule has 5 amide bonds. The zero-order valence-corrected chi connectivity index (χ0v) is 30.9. The molecule has 2 fully saturated rings. The third-order valence-corrected chi connectivity index (χ3v) is 10.5. The molecule has 2 heterocycles. The van der Waals surface area contributed by atoms with Crippen molar-refractivity contribution in [3.63, 3.8) is 0 Å². The van der Waals surface area contributed by atoms with Gasteiger partial charge in [-0.2, -0.15) is 5.26 Å². The maximum Gasteiger partial charge on any atom is 0.262 e. The van der Waals surface area contributed by atoms with Crippen LogP contribution >= 0.6 is 11.6 Å². The zero-order valence-electron chi connectivity index (χ0n) is 30.1. The fourth-order valence-electron chi connectivity index (χ4n) is 7.19. The van der Waals surface area contributed by atoms with Crippen LogP contribution in [0.3, 0.4) is 0 Å². The second-order valence-electron chi connectivity index (χ2n) is 14.1. The van der Waals surface area contributed by atoms with E-state index >= 15 is 0 Å². The molecule has 1 saturated carbocycles. The molecule has 54 heavy (non-hydrogen) atoms. The van der Waals surface area contributed by atoms with E-state index in [1.165, 1.54) is 0 Å². The summed E-state index contributed by atoms with van der Waals surface area (Å²) in [5, 5.41) is 21.6. The average molecular weight is 753 g/mol. The van der Waals surface area contributed by atoms with Crippen molar-refractivity contribution in [3.8, 4) is 11.8 Å². The van der Waals surface area contributed by atoms with Crippen molar-refractivity contribution in [1.82, 2.24) is 15.5 Å². The Labute approximate surface area is 319 Å². The summed E-state index contributed by atoms with van der Waals surface area (Å²) < 4.78 is 6.06. The number of fused-ring (bicyclic) bond motifs is 1. The van der Waals surface area contributed by atoms with Crippen molar-refractivity contribution in [1.29, 1.82) is 5.26 Å². The van der Waals surface area contributed by atoms with Gasteiger partial charge in [0.1, 0.15) is 17.9 Å². The van der Waals surface area contributed by atoms with Crippen LogP contribution < -0.4 is 26.0 Å². The first kappa shape index (κ1) is 38.3. The molecule has 0 spiro atoms. The number of hydrogen-bond donors (Lipinski definition) is 4. The Bertz CT molecular complexity index is 1920. The Kier molecular flexibility index (Phi) is 12.8. The number of imide groups is 2. The normalized spacial score (nSPS) is 19.5. The maximum atomic E-state index is 13.0. The summed E-state index contributed by atoms with van der Waals surface area (Å²) in [6, 6.07) is 18.9. The van der Waals surface area contributed by atoms with E-state index in [-0.39, 0.29) is 42.0 Å². The highest BCUT2D eigenvalue weighted by Crippen LogP contribution is 2.30. The third-order valence-electron chi connectivity index (χ3n) is 10.2. The van der Waals surface area contributed by atoms with Gasteiger partial charge in [-0.05, 0) is 99.5 Å². The molecule has 2 aliphatic heterocycles. The smallest absolute Gasteiger partial charge is 0.262 e. The van der Waals surface area contributed by atoms with E-state index in [0.29, 0.717) is 21.9 Å². The largest absolute Gasteiger partial charge is 0.490 e. The van der Waals surface area contributed by atoms with E-state index in [9.17, 15) is 24.0 Å². The van der Waals surface area contributed by atoms with Crippen LogP contribution in [-0.4, -0.2) is 65.7 Å². The van der Waals surface area contributed by atoms with Crippen LogP contribution in [0.2, 0.25) is 5.02 Å². The molecule has 3 aromatic rings. The standard InChI is InChI=1S/C41H45ClN6O6/c42-35-24-32(15-9-27(35)25-43)54-31-16-12-29(13-17-31)46-38(50)26-7-10-28(11-8-26)44-21-5-3-1-2-4-6-22-45-30-14-18-33-34(23-30)41(53)48(40(33)52)36-19-20-37(49)47-39(36)51/h7-11,14-15,18,23-24,29,31,36,44-45H,1-6,12-13,16-17,19-22H2,(H,46,50)(H,47,49,51)/t29-,31-,36?. The summed E-state index contributed by atoms with van der Waals surface area (Å²) in [6.45, 7) is 1.59. The summed E-state index contributed by atoms with van der Waals surface area (Å²) in [5.41, 5.74) is 3.34. The summed E-state index contributed by atoms with van der Waals surface area (Å²) in [4.78, 5) is 63.6. The quantitative estimate of drug-likeness (QED) is 0.0931. The molecule has 0 radical (unpaired) electrons. The van der Waals surface area contributed by atoms with E-state index in [2.05, 4.69) is 27.3 Å².